The van der Waals surface area contributed by atoms with Crippen LogP contribution in [0.25, 0.3) is 0 Å². The molecule has 26 heavy (non-hydrogen) atoms. The molecule has 0 atom stereocenters. The Labute approximate surface area is 160 Å². The van der Waals surface area contributed by atoms with E-state index >= 15 is 0 Å². The van der Waals surface area contributed by atoms with Crippen molar-refractivity contribution in [2.24, 2.45) is 0 Å². The van der Waals surface area contributed by atoms with Crippen LogP contribution in [-0.2, 0) is 11.4 Å². The highest BCUT2D eigenvalue weighted by Crippen LogP contribution is 2.29. The molecular formula is C17H17ClN4O3S. The zero-order valence-electron chi connectivity index (χ0n) is 13.9. The summed E-state index contributed by atoms with van der Waals surface area (Å²) in [5.74, 6) is 0.852. The highest BCUT2D eigenvalue weighted by molar-refractivity contribution is 7.99. The Kier molecular flexibility index (Phi) is 6.01. The SMILES string of the molecule is N#CC1(NC(=O)CSc2nnc(COc3ccc(Cl)cc3)o2)CCCC1. The summed E-state index contributed by atoms with van der Waals surface area (Å²) in [6, 6.07) is 9.16. The second kappa shape index (κ2) is 8.43. The first kappa shape index (κ1) is 18.5. The quantitative estimate of drug-likeness (QED) is 0.721. The summed E-state index contributed by atoms with van der Waals surface area (Å²) >= 11 is 6.94. The molecule has 1 fully saturated rings. The number of nitrogens with zero attached hydrogens (tertiary/aromatic N) is 3. The minimum absolute atomic E-state index is 0.114. The molecule has 0 unspecified atom stereocenters. The van der Waals surface area contributed by atoms with E-state index < -0.39 is 5.54 Å². The molecule has 0 radical (unpaired) electrons. The zero-order valence-corrected chi connectivity index (χ0v) is 15.5. The summed E-state index contributed by atoms with van der Waals surface area (Å²) in [5.41, 5.74) is -0.718. The Morgan fingerprint density at radius 1 is 1.35 bits per heavy atom. The Balaban J connectivity index is 1.45. The van der Waals surface area contributed by atoms with Gasteiger partial charge in [-0.15, -0.1) is 10.2 Å². The number of hydrogen-bond donors (Lipinski definition) is 1. The van der Waals surface area contributed by atoms with Crippen LogP contribution in [0.15, 0.2) is 33.9 Å². The van der Waals surface area contributed by atoms with E-state index in [0.717, 1.165) is 24.6 Å². The molecule has 1 aliphatic rings. The average Bonchev–Trinajstić information content (AvgIpc) is 3.29. The summed E-state index contributed by atoms with van der Waals surface area (Å²) in [4.78, 5) is 12.1. The van der Waals surface area contributed by atoms with Crippen molar-refractivity contribution in [2.75, 3.05) is 5.75 Å². The Morgan fingerprint density at radius 3 is 2.77 bits per heavy atom. The molecule has 1 aliphatic carbocycles. The van der Waals surface area contributed by atoms with Gasteiger partial charge in [-0.05, 0) is 49.9 Å². The molecule has 0 bridgehead atoms. The van der Waals surface area contributed by atoms with Gasteiger partial charge in [-0.25, -0.2) is 0 Å². The van der Waals surface area contributed by atoms with E-state index in [2.05, 4.69) is 21.6 Å². The van der Waals surface area contributed by atoms with Gasteiger partial charge in [0.2, 0.25) is 5.91 Å². The maximum atomic E-state index is 12.1. The van der Waals surface area contributed by atoms with Gasteiger partial charge in [0.1, 0.15) is 11.3 Å². The maximum absolute atomic E-state index is 12.1. The second-order valence-electron chi connectivity index (χ2n) is 5.94. The van der Waals surface area contributed by atoms with E-state index in [4.69, 9.17) is 20.8 Å². The molecule has 1 saturated carbocycles. The van der Waals surface area contributed by atoms with Crippen molar-refractivity contribution in [3.05, 3.63) is 35.2 Å². The van der Waals surface area contributed by atoms with E-state index in [1.807, 2.05) is 0 Å². The molecule has 1 N–H and O–H groups in total. The number of carbonyl (C=O) groups is 1. The summed E-state index contributed by atoms with van der Waals surface area (Å²) in [5, 5.41) is 20.8. The number of thioether (sulfide) groups is 1. The highest BCUT2D eigenvalue weighted by atomic mass is 35.5. The van der Waals surface area contributed by atoms with Crippen LogP contribution in [0.3, 0.4) is 0 Å². The Bertz CT molecular complexity index is 797. The van der Waals surface area contributed by atoms with Gasteiger partial charge in [0.15, 0.2) is 6.61 Å². The molecule has 1 aromatic carbocycles. The highest BCUT2D eigenvalue weighted by Gasteiger charge is 2.35. The van der Waals surface area contributed by atoms with Gasteiger partial charge < -0.3 is 14.5 Å². The van der Waals surface area contributed by atoms with Gasteiger partial charge in [0, 0.05) is 5.02 Å². The molecule has 1 heterocycles. The van der Waals surface area contributed by atoms with Crippen LogP contribution in [0.5, 0.6) is 5.75 Å². The first-order chi connectivity index (χ1) is 12.6. The van der Waals surface area contributed by atoms with Crippen LogP contribution in [-0.4, -0.2) is 27.4 Å². The van der Waals surface area contributed by atoms with Crippen LogP contribution in [0, 0.1) is 11.3 Å². The van der Waals surface area contributed by atoms with Crippen LogP contribution in [0.4, 0.5) is 0 Å². The van der Waals surface area contributed by atoms with Crippen LogP contribution in [0.2, 0.25) is 5.02 Å². The number of aromatic nitrogens is 2. The third-order valence-electron chi connectivity index (χ3n) is 4.00. The van der Waals surface area contributed by atoms with E-state index in [1.165, 1.54) is 0 Å². The third kappa shape index (κ3) is 4.90. The molecular weight excluding hydrogens is 376 g/mol. The normalized spacial score (nSPS) is 15.4. The fraction of sp³-hybridized carbons (Fsp3) is 0.412. The molecule has 0 aliphatic heterocycles. The van der Waals surface area contributed by atoms with Gasteiger partial charge in [0.05, 0.1) is 11.8 Å². The standard InChI is InChI=1S/C17H17ClN4O3S/c18-12-3-5-13(6-4-12)24-9-15-21-22-16(25-15)26-10-14(23)20-17(11-19)7-1-2-8-17/h3-6H,1-2,7-10H2,(H,20,23). The topological polar surface area (TPSA) is 101 Å². The molecule has 2 aromatic rings. The summed E-state index contributed by atoms with van der Waals surface area (Å²) < 4.78 is 11.0. The lowest BCUT2D eigenvalue weighted by atomic mass is 10.0. The van der Waals surface area contributed by atoms with Crippen molar-refractivity contribution in [1.29, 1.82) is 5.26 Å². The van der Waals surface area contributed by atoms with Gasteiger partial charge in [-0.3, -0.25) is 4.79 Å². The number of halogens is 1. The van der Waals surface area contributed by atoms with E-state index in [1.54, 1.807) is 24.3 Å². The van der Waals surface area contributed by atoms with E-state index in [0.29, 0.717) is 29.5 Å². The number of amides is 1. The molecule has 1 aromatic heterocycles. The lowest BCUT2D eigenvalue weighted by Gasteiger charge is -2.21. The largest absolute Gasteiger partial charge is 0.484 e. The first-order valence-corrected chi connectivity index (χ1v) is 9.51. The maximum Gasteiger partial charge on any atom is 0.277 e. The number of hydrogen-bond acceptors (Lipinski definition) is 7. The number of rotatable bonds is 7. The van der Waals surface area contributed by atoms with Crippen LogP contribution >= 0.6 is 23.4 Å². The summed E-state index contributed by atoms with van der Waals surface area (Å²) in [7, 11) is 0. The first-order valence-electron chi connectivity index (χ1n) is 8.14. The molecule has 0 saturated heterocycles. The number of carbonyl (C=O) groups excluding carboxylic acids is 1. The van der Waals surface area contributed by atoms with Crippen molar-refractivity contribution in [1.82, 2.24) is 15.5 Å². The van der Waals surface area contributed by atoms with Gasteiger partial charge in [0.25, 0.3) is 11.1 Å². The predicted octanol–water partition coefficient (Wildman–Crippen LogP) is 3.35. The Hall–Kier alpha value is -2.24. The van der Waals surface area contributed by atoms with Crippen molar-refractivity contribution in [3.8, 4) is 11.8 Å². The lowest BCUT2D eigenvalue weighted by molar-refractivity contribution is -0.119. The minimum atomic E-state index is -0.718. The number of benzene rings is 1. The molecule has 136 valence electrons. The van der Waals surface area contributed by atoms with Crippen LogP contribution < -0.4 is 10.1 Å². The molecule has 9 heteroatoms. The minimum Gasteiger partial charge on any atom is -0.484 e. The molecule has 1 amide bonds. The summed E-state index contributed by atoms with van der Waals surface area (Å²) in [6.45, 7) is 0.124. The number of nitrogens with one attached hydrogen (secondary N) is 1. The third-order valence-corrected chi connectivity index (χ3v) is 5.07. The smallest absolute Gasteiger partial charge is 0.277 e. The van der Waals surface area contributed by atoms with Gasteiger partial charge >= 0.3 is 0 Å². The Morgan fingerprint density at radius 2 is 2.08 bits per heavy atom. The average molecular weight is 393 g/mol. The number of ether oxygens (including phenoxy) is 1. The summed E-state index contributed by atoms with van der Waals surface area (Å²) in [6.07, 6.45) is 3.32. The van der Waals surface area contributed by atoms with Crippen molar-refractivity contribution < 1.29 is 13.9 Å². The van der Waals surface area contributed by atoms with Gasteiger partial charge in [-0.2, -0.15) is 5.26 Å². The fourth-order valence-corrected chi connectivity index (χ4v) is 3.41. The monoisotopic (exact) mass is 392 g/mol. The van der Waals surface area contributed by atoms with Gasteiger partial charge in [-0.1, -0.05) is 23.4 Å². The van der Waals surface area contributed by atoms with E-state index in [9.17, 15) is 10.1 Å². The molecule has 3 rings (SSSR count). The lowest BCUT2D eigenvalue weighted by Crippen LogP contribution is -2.45. The second-order valence-corrected chi connectivity index (χ2v) is 7.31. The van der Waals surface area contributed by atoms with Crippen LogP contribution in [0.1, 0.15) is 31.6 Å². The predicted molar refractivity (Wildman–Crippen MR) is 95.8 cm³/mol. The zero-order chi connectivity index (χ0) is 18.4. The van der Waals surface area contributed by atoms with Crippen molar-refractivity contribution in [2.45, 2.75) is 43.1 Å². The van der Waals surface area contributed by atoms with E-state index in [-0.39, 0.29) is 23.5 Å². The fourth-order valence-electron chi connectivity index (χ4n) is 2.70. The van der Waals surface area contributed by atoms with Crippen molar-refractivity contribution in [3.63, 3.8) is 0 Å². The molecule has 0 spiro atoms. The molecule has 7 nitrogen and oxygen atoms in total. The number of nitriles is 1. The van der Waals surface area contributed by atoms with Crippen molar-refractivity contribution >= 4 is 29.3 Å².